The Morgan fingerprint density at radius 1 is 1.41 bits per heavy atom. The molecule has 0 aromatic heterocycles. The smallest absolute Gasteiger partial charge is 0.404 e. The van der Waals surface area contributed by atoms with Crippen molar-refractivity contribution >= 4 is 17.7 Å². The SMILES string of the molecule is NC(=O)O[C@@H](C1CC1)C(O)c1ccc(Cl)cc1. The second kappa shape index (κ2) is 4.94. The maximum atomic E-state index is 10.8. The zero-order valence-corrected chi connectivity index (χ0v) is 9.93. The third-order valence-corrected chi connectivity index (χ3v) is 3.11. The lowest BCUT2D eigenvalue weighted by Crippen LogP contribution is -2.30. The van der Waals surface area contributed by atoms with Crippen LogP contribution in [0.25, 0.3) is 0 Å². The van der Waals surface area contributed by atoms with E-state index in [4.69, 9.17) is 22.1 Å². The molecule has 2 atom stereocenters. The van der Waals surface area contributed by atoms with Crippen molar-refractivity contribution in [1.29, 1.82) is 0 Å². The Morgan fingerprint density at radius 2 is 2.00 bits per heavy atom. The number of amides is 1. The predicted octanol–water partition coefficient (Wildman–Crippen LogP) is 2.25. The molecule has 2 rings (SSSR count). The van der Waals surface area contributed by atoms with E-state index >= 15 is 0 Å². The average Bonchev–Trinajstić information content (AvgIpc) is 3.09. The van der Waals surface area contributed by atoms with E-state index in [-0.39, 0.29) is 5.92 Å². The van der Waals surface area contributed by atoms with Gasteiger partial charge in [0.15, 0.2) is 0 Å². The fourth-order valence-corrected chi connectivity index (χ4v) is 1.95. The zero-order valence-electron chi connectivity index (χ0n) is 9.17. The Balaban J connectivity index is 2.12. The molecule has 5 heteroatoms. The summed E-state index contributed by atoms with van der Waals surface area (Å²) in [5.41, 5.74) is 5.68. The first kappa shape index (κ1) is 12.2. The van der Waals surface area contributed by atoms with Crippen molar-refractivity contribution in [2.24, 2.45) is 11.7 Å². The van der Waals surface area contributed by atoms with Crippen LogP contribution in [0.15, 0.2) is 24.3 Å². The number of carbonyl (C=O) groups is 1. The molecule has 1 aromatic rings. The van der Waals surface area contributed by atoms with E-state index in [1.165, 1.54) is 0 Å². The predicted molar refractivity (Wildman–Crippen MR) is 63.6 cm³/mol. The summed E-state index contributed by atoms with van der Waals surface area (Å²) >= 11 is 5.77. The van der Waals surface area contributed by atoms with Gasteiger partial charge in [-0.05, 0) is 36.5 Å². The topological polar surface area (TPSA) is 72.6 Å². The number of rotatable bonds is 4. The monoisotopic (exact) mass is 255 g/mol. The molecule has 0 spiro atoms. The maximum absolute atomic E-state index is 10.8. The summed E-state index contributed by atoms with van der Waals surface area (Å²) in [5.74, 6) is 0.202. The molecule has 0 saturated heterocycles. The molecule has 0 aliphatic heterocycles. The van der Waals surface area contributed by atoms with Gasteiger partial charge >= 0.3 is 6.09 Å². The van der Waals surface area contributed by atoms with E-state index in [1.807, 2.05) is 0 Å². The number of primary amides is 1. The highest BCUT2D eigenvalue weighted by Crippen LogP contribution is 2.40. The zero-order chi connectivity index (χ0) is 12.4. The van der Waals surface area contributed by atoms with E-state index < -0.39 is 18.3 Å². The van der Waals surface area contributed by atoms with Gasteiger partial charge in [-0.1, -0.05) is 23.7 Å². The second-order valence-electron chi connectivity index (χ2n) is 4.24. The van der Waals surface area contributed by atoms with Gasteiger partial charge in [0.05, 0.1) is 0 Å². The molecule has 1 aliphatic carbocycles. The Bertz CT molecular complexity index is 403. The van der Waals surface area contributed by atoms with Gasteiger partial charge in [0, 0.05) is 5.02 Å². The fraction of sp³-hybridized carbons (Fsp3) is 0.417. The van der Waals surface area contributed by atoms with Crippen molar-refractivity contribution in [3.63, 3.8) is 0 Å². The summed E-state index contributed by atoms with van der Waals surface area (Å²) in [6.45, 7) is 0. The number of nitrogens with two attached hydrogens (primary N) is 1. The standard InChI is InChI=1S/C12H14ClNO3/c13-9-5-3-7(4-6-9)10(15)11(8-1-2-8)17-12(14)16/h3-6,8,10-11,15H,1-2H2,(H2,14,16)/t10?,11-/m0/s1. The lowest BCUT2D eigenvalue weighted by Gasteiger charge is -2.22. The van der Waals surface area contributed by atoms with Crippen LogP contribution in [0.5, 0.6) is 0 Å². The van der Waals surface area contributed by atoms with Gasteiger partial charge in [0.1, 0.15) is 12.2 Å². The number of halogens is 1. The number of hydrogen-bond donors (Lipinski definition) is 2. The number of aliphatic hydroxyl groups is 1. The molecule has 1 unspecified atom stereocenters. The normalized spacial score (nSPS) is 18.5. The summed E-state index contributed by atoms with van der Waals surface area (Å²) in [6.07, 6.45) is -0.374. The van der Waals surface area contributed by atoms with Gasteiger partial charge in [-0.25, -0.2) is 4.79 Å². The molecule has 0 radical (unpaired) electrons. The van der Waals surface area contributed by atoms with Crippen LogP contribution in [0.3, 0.4) is 0 Å². The van der Waals surface area contributed by atoms with E-state index in [1.54, 1.807) is 24.3 Å². The minimum absolute atomic E-state index is 0.202. The third kappa shape index (κ3) is 3.11. The molecule has 1 saturated carbocycles. The van der Waals surface area contributed by atoms with Crippen LogP contribution in [0, 0.1) is 5.92 Å². The highest BCUT2D eigenvalue weighted by atomic mass is 35.5. The largest absolute Gasteiger partial charge is 0.443 e. The first-order valence-electron chi connectivity index (χ1n) is 5.47. The average molecular weight is 256 g/mol. The molecule has 0 bridgehead atoms. The molecule has 4 nitrogen and oxygen atoms in total. The van der Waals surface area contributed by atoms with Crippen molar-refractivity contribution in [1.82, 2.24) is 0 Å². The number of benzene rings is 1. The Kier molecular flexibility index (Phi) is 3.54. The maximum Gasteiger partial charge on any atom is 0.404 e. The van der Waals surface area contributed by atoms with Crippen molar-refractivity contribution in [3.05, 3.63) is 34.9 Å². The summed E-state index contributed by atoms with van der Waals surface area (Å²) in [7, 11) is 0. The third-order valence-electron chi connectivity index (χ3n) is 2.86. The summed E-state index contributed by atoms with van der Waals surface area (Å²) in [4.78, 5) is 10.8. The van der Waals surface area contributed by atoms with Crippen LogP contribution in [0.4, 0.5) is 4.79 Å². The van der Waals surface area contributed by atoms with Gasteiger partial charge in [-0.2, -0.15) is 0 Å². The molecule has 17 heavy (non-hydrogen) atoms. The molecule has 1 aromatic carbocycles. The Morgan fingerprint density at radius 3 is 2.47 bits per heavy atom. The molecule has 1 fully saturated rings. The number of aliphatic hydroxyl groups excluding tert-OH is 1. The summed E-state index contributed by atoms with van der Waals surface area (Å²) in [5, 5.41) is 10.8. The van der Waals surface area contributed by atoms with E-state index in [0.29, 0.717) is 10.6 Å². The highest BCUT2D eigenvalue weighted by molar-refractivity contribution is 6.30. The van der Waals surface area contributed by atoms with Gasteiger partial charge in [-0.3, -0.25) is 0 Å². The number of carbonyl (C=O) groups excluding carboxylic acids is 1. The van der Waals surface area contributed by atoms with Gasteiger partial charge < -0.3 is 15.6 Å². The fourth-order valence-electron chi connectivity index (χ4n) is 1.83. The lowest BCUT2D eigenvalue weighted by atomic mass is 10.0. The Labute approximate surface area is 104 Å². The van der Waals surface area contributed by atoms with Crippen LogP contribution in [-0.2, 0) is 4.74 Å². The molecule has 92 valence electrons. The Hall–Kier alpha value is -1.26. The van der Waals surface area contributed by atoms with Crippen molar-refractivity contribution < 1.29 is 14.6 Å². The van der Waals surface area contributed by atoms with Gasteiger partial charge in [-0.15, -0.1) is 0 Å². The number of hydrogen-bond acceptors (Lipinski definition) is 3. The lowest BCUT2D eigenvalue weighted by molar-refractivity contribution is -0.00696. The first-order valence-corrected chi connectivity index (χ1v) is 5.85. The second-order valence-corrected chi connectivity index (χ2v) is 4.67. The molecule has 1 amide bonds. The quantitative estimate of drug-likeness (QED) is 0.867. The van der Waals surface area contributed by atoms with Crippen molar-refractivity contribution in [2.75, 3.05) is 0 Å². The van der Waals surface area contributed by atoms with E-state index in [0.717, 1.165) is 12.8 Å². The molecular weight excluding hydrogens is 242 g/mol. The van der Waals surface area contributed by atoms with Crippen molar-refractivity contribution in [3.8, 4) is 0 Å². The summed E-state index contributed by atoms with van der Waals surface area (Å²) < 4.78 is 4.98. The van der Waals surface area contributed by atoms with Crippen LogP contribution in [0.1, 0.15) is 24.5 Å². The minimum atomic E-state index is -0.854. The molecule has 1 aliphatic rings. The summed E-state index contributed by atoms with van der Waals surface area (Å²) in [6, 6.07) is 6.81. The molecule has 3 N–H and O–H groups in total. The van der Waals surface area contributed by atoms with Gasteiger partial charge in [0.25, 0.3) is 0 Å². The minimum Gasteiger partial charge on any atom is -0.443 e. The number of ether oxygens (including phenoxy) is 1. The van der Waals surface area contributed by atoms with Crippen LogP contribution < -0.4 is 5.73 Å². The molecular formula is C12H14ClNO3. The van der Waals surface area contributed by atoms with Crippen molar-refractivity contribution in [2.45, 2.75) is 25.0 Å². The van der Waals surface area contributed by atoms with Crippen LogP contribution in [-0.4, -0.2) is 17.3 Å². The van der Waals surface area contributed by atoms with Gasteiger partial charge in [0.2, 0.25) is 0 Å². The molecule has 0 heterocycles. The van der Waals surface area contributed by atoms with Crippen LogP contribution >= 0.6 is 11.6 Å². The van der Waals surface area contributed by atoms with E-state index in [9.17, 15) is 9.90 Å². The first-order chi connectivity index (χ1) is 8.08. The highest BCUT2D eigenvalue weighted by Gasteiger charge is 2.39. The van der Waals surface area contributed by atoms with E-state index in [2.05, 4.69) is 0 Å². The van der Waals surface area contributed by atoms with Crippen LogP contribution in [0.2, 0.25) is 5.02 Å².